The zero-order valence-electron chi connectivity index (χ0n) is 14.5. The molecule has 1 amide bonds. The van der Waals surface area contributed by atoms with Crippen LogP contribution in [0, 0.1) is 6.92 Å². The lowest BCUT2D eigenvalue weighted by Gasteiger charge is -2.08. The second-order valence-electron chi connectivity index (χ2n) is 5.57. The normalized spacial score (nSPS) is 10.2. The number of nitrogens with zero attached hydrogens (tertiary/aromatic N) is 1. The number of hydrogen-bond acceptors (Lipinski definition) is 5. The van der Waals surface area contributed by atoms with Gasteiger partial charge in [-0.15, -0.1) is 0 Å². The van der Waals surface area contributed by atoms with Gasteiger partial charge >= 0.3 is 5.97 Å². The van der Waals surface area contributed by atoms with Gasteiger partial charge in [0.15, 0.2) is 0 Å². The van der Waals surface area contributed by atoms with E-state index in [1.54, 1.807) is 12.1 Å². The number of ether oxygens (including phenoxy) is 2. The number of rotatable bonds is 8. The molecule has 2 rings (SSSR count). The number of carbonyl (C=O) groups excluding carboxylic acids is 2. The number of nitrogens with one attached hydrogen (secondary N) is 1. The van der Waals surface area contributed by atoms with Crippen molar-refractivity contribution in [3.8, 4) is 5.75 Å². The number of methoxy groups -OCH3 is 1. The Balaban J connectivity index is 1.68. The van der Waals surface area contributed by atoms with Crippen LogP contribution in [0.2, 0.25) is 0 Å². The third-order valence-electron chi connectivity index (χ3n) is 3.54. The zero-order chi connectivity index (χ0) is 18.1. The van der Waals surface area contributed by atoms with Crippen molar-refractivity contribution in [2.75, 3.05) is 13.7 Å². The third kappa shape index (κ3) is 6.25. The van der Waals surface area contributed by atoms with E-state index in [2.05, 4.69) is 15.0 Å². The predicted molar refractivity (Wildman–Crippen MR) is 93.3 cm³/mol. The number of esters is 1. The molecule has 0 spiro atoms. The summed E-state index contributed by atoms with van der Waals surface area (Å²) in [6, 6.07) is 11.0. The molecule has 2 aromatic rings. The van der Waals surface area contributed by atoms with Gasteiger partial charge in [-0.3, -0.25) is 9.78 Å². The number of amides is 1. The van der Waals surface area contributed by atoms with E-state index in [1.807, 2.05) is 31.2 Å². The van der Waals surface area contributed by atoms with Crippen molar-refractivity contribution >= 4 is 11.9 Å². The smallest absolute Gasteiger partial charge is 0.337 e. The molecule has 1 aromatic carbocycles. The quantitative estimate of drug-likeness (QED) is 0.589. The zero-order valence-corrected chi connectivity index (χ0v) is 14.5. The van der Waals surface area contributed by atoms with E-state index in [4.69, 9.17) is 4.74 Å². The van der Waals surface area contributed by atoms with Crippen LogP contribution in [-0.2, 0) is 16.1 Å². The van der Waals surface area contributed by atoms with E-state index < -0.39 is 5.97 Å². The van der Waals surface area contributed by atoms with Crippen LogP contribution < -0.4 is 10.1 Å². The van der Waals surface area contributed by atoms with E-state index in [9.17, 15) is 9.59 Å². The van der Waals surface area contributed by atoms with Crippen LogP contribution in [0.25, 0.3) is 0 Å². The van der Waals surface area contributed by atoms with Crippen LogP contribution >= 0.6 is 0 Å². The first-order valence-electron chi connectivity index (χ1n) is 8.08. The van der Waals surface area contributed by atoms with Crippen molar-refractivity contribution in [3.05, 3.63) is 59.4 Å². The molecule has 0 fully saturated rings. The summed E-state index contributed by atoms with van der Waals surface area (Å²) in [6.45, 7) is 2.76. The summed E-state index contributed by atoms with van der Waals surface area (Å²) in [5.74, 6) is 0.288. The molecule has 6 heteroatoms. The third-order valence-corrected chi connectivity index (χ3v) is 3.54. The second-order valence-corrected chi connectivity index (χ2v) is 5.57. The van der Waals surface area contributed by atoms with Gasteiger partial charge in [0.05, 0.1) is 31.5 Å². The average Bonchev–Trinajstić information content (AvgIpc) is 2.64. The van der Waals surface area contributed by atoms with Crippen LogP contribution in [0.1, 0.15) is 34.5 Å². The van der Waals surface area contributed by atoms with E-state index in [-0.39, 0.29) is 12.5 Å². The summed E-state index contributed by atoms with van der Waals surface area (Å²) >= 11 is 0. The Labute approximate surface area is 147 Å². The molecule has 1 aromatic heterocycles. The number of aromatic nitrogens is 1. The van der Waals surface area contributed by atoms with Gasteiger partial charge in [0.1, 0.15) is 5.75 Å². The number of carbonyl (C=O) groups is 2. The first-order chi connectivity index (χ1) is 12.1. The average molecular weight is 342 g/mol. The first kappa shape index (κ1) is 18.4. The molecule has 0 radical (unpaired) electrons. The van der Waals surface area contributed by atoms with Crippen LogP contribution in [0.3, 0.4) is 0 Å². The van der Waals surface area contributed by atoms with Gasteiger partial charge in [-0.25, -0.2) is 4.79 Å². The highest BCUT2D eigenvalue weighted by Gasteiger charge is 2.07. The Morgan fingerprint density at radius 1 is 1.16 bits per heavy atom. The Morgan fingerprint density at radius 2 is 1.92 bits per heavy atom. The Bertz CT molecular complexity index is 714. The van der Waals surface area contributed by atoms with Crippen molar-refractivity contribution < 1.29 is 19.1 Å². The maximum Gasteiger partial charge on any atom is 0.337 e. The largest absolute Gasteiger partial charge is 0.494 e. The maximum absolute atomic E-state index is 11.9. The van der Waals surface area contributed by atoms with Gasteiger partial charge in [0, 0.05) is 12.6 Å². The van der Waals surface area contributed by atoms with Crippen molar-refractivity contribution in [2.24, 2.45) is 0 Å². The molecule has 0 bridgehead atoms. The number of benzene rings is 1. The summed E-state index contributed by atoms with van der Waals surface area (Å²) in [6.07, 6.45) is 2.50. The fourth-order valence-corrected chi connectivity index (χ4v) is 2.15. The van der Waals surface area contributed by atoms with Crippen molar-refractivity contribution in [2.45, 2.75) is 26.3 Å². The maximum atomic E-state index is 11.9. The Kier molecular flexibility index (Phi) is 6.95. The van der Waals surface area contributed by atoms with E-state index in [0.717, 1.165) is 5.75 Å². The molecule has 0 unspecified atom stereocenters. The van der Waals surface area contributed by atoms with Gasteiger partial charge in [0.2, 0.25) is 5.91 Å². The molecule has 0 saturated heterocycles. The number of pyridine rings is 1. The minimum Gasteiger partial charge on any atom is -0.494 e. The molecular formula is C19H22N2O4. The van der Waals surface area contributed by atoms with Crippen LogP contribution in [0.15, 0.2) is 42.6 Å². The standard InChI is InChI=1S/C19H22N2O4/c1-14-5-7-17(8-6-14)25-11-3-4-18(22)21-13-16-12-15(9-10-20-16)19(23)24-2/h5-10,12H,3-4,11,13H2,1-2H3,(H,21,22). The lowest BCUT2D eigenvalue weighted by atomic mass is 10.2. The molecule has 0 aliphatic carbocycles. The molecule has 6 nitrogen and oxygen atoms in total. The first-order valence-corrected chi connectivity index (χ1v) is 8.08. The summed E-state index contributed by atoms with van der Waals surface area (Å²) in [5.41, 5.74) is 2.19. The highest BCUT2D eigenvalue weighted by Crippen LogP contribution is 2.11. The molecular weight excluding hydrogens is 320 g/mol. The van der Waals surface area contributed by atoms with Crippen molar-refractivity contribution in [1.29, 1.82) is 0 Å². The van der Waals surface area contributed by atoms with Gasteiger partial charge in [0.25, 0.3) is 0 Å². The lowest BCUT2D eigenvalue weighted by Crippen LogP contribution is -2.23. The second kappa shape index (κ2) is 9.42. The molecule has 25 heavy (non-hydrogen) atoms. The molecule has 132 valence electrons. The van der Waals surface area contributed by atoms with E-state index in [1.165, 1.54) is 18.9 Å². The van der Waals surface area contributed by atoms with E-state index in [0.29, 0.717) is 30.7 Å². The highest BCUT2D eigenvalue weighted by atomic mass is 16.5. The van der Waals surface area contributed by atoms with Crippen molar-refractivity contribution in [1.82, 2.24) is 10.3 Å². The summed E-state index contributed by atoms with van der Waals surface area (Å²) in [7, 11) is 1.32. The minimum absolute atomic E-state index is 0.0854. The summed E-state index contributed by atoms with van der Waals surface area (Å²) in [5, 5.41) is 2.78. The Hall–Kier alpha value is -2.89. The van der Waals surface area contributed by atoms with Gasteiger partial charge < -0.3 is 14.8 Å². The van der Waals surface area contributed by atoms with Gasteiger partial charge in [-0.05, 0) is 37.6 Å². The monoisotopic (exact) mass is 342 g/mol. The number of hydrogen-bond donors (Lipinski definition) is 1. The molecule has 0 saturated carbocycles. The fraction of sp³-hybridized carbons (Fsp3) is 0.316. The molecule has 0 atom stereocenters. The molecule has 1 heterocycles. The summed E-state index contributed by atoms with van der Waals surface area (Å²) < 4.78 is 10.2. The summed E-state index contributed by atoms with van der Waals surface area (Å²) in [4.78, 5) is 27.4. The highest BCUT2D eigenvalue weighted by molar-refractivity contribution is 5.89. The Morgan fingerprint density at radius 3 is 2.64 bits per heavy atom. The van der Waals surface area contributed by atoms with Crippen LogP contribution in [0.5, 0.6) is 5.75 Å². The van der Waals surface area contributed by atoms with Crippen LogP contribution in [-0.4, -0.2) is 30.6 Å². The lowest BCUT2D eigenvalue weighted by molar-refractivity contribution is -0.121. The molecule has 1 N–H and O–H groups in total. The molecule has 0 aliphatic heterocycles. The van der Waals surface area contributed by atoms with Crippen molar-refractivity contribution in [3.63, 3.8) is 0 Å². The predicted octanol–water partition coefficient (Wildman–Crippen LogP) is 2.65. The van der Waals surface area contributed by atoms with Gasteiger partial charge in [-0.2, -0.15) is 0 Å². The molecule has 0 aliphatic rings. The van der Waals surface area contributed by atoms with Crippen LogP contribution in [0.4, 0.5) is 0 Å². The van der Waals surface area contributed by atoms with E-state index >= 15 is 0 Å². The fourth-order valence-electron chi connectivity index (χ4n) is 2.15. The number of aryl methyl sites for hydroxylation is 1. The topological polar surface area (TPSA) is 77.5 Å². The van der Waals surface area contributed by atoms with Gasteiger partial charge in [-0.1, -0.05) is 17.7 Å². The SMILES string of the molecule is COC(=O)c1ccnc(CNC(=O)CCCOc2ccc(C)cc2)c1. The minimum atomic E-state index is -0.428.